The van der Waals surface area contributed by atoms with Crippen LogP contribution < -0.4 is 11.3 Å². The summed E-state index contributed by atoms with van der Waals surface area (Å²) >= 11 is 1.59. The van der Waals surface area contributed by atoms with Gasteiger partial charge in [0.1, 0.15) is 16.7 Å². The molecule has 1 aromatic rings. The van der Waals surface area contributed by atoms with Crippen molar-refractivity contribution in [2.75, 3.05) is 11.7 Å². The number of nitrogen functional groups attached to an aromatic ring is 1. The van der Waals surface area contributed by atoms with Crippen molar-refractivity contribution in [2.24, 2.45) is 5.84 Å². The highest BCUT2D eigenvalue weighted by Gasteiger charge is 2.05. The lowest BCUT2D eigenvalue weighted by atomic mass is 10.3. The highest BCUT2D eigenvalue weighted by Crippen LogP contribution is 2.21. The van der Waals surface area contributed by atoms with Gasteiger partial charge in [0.25, 0.3) is 0 Å². The van der Waals surface area contributed by atoms with Crippen LogP contribution in [0.4, 0.5) is 5.82 Å². The molecule has 0 fully saturated rings. The van der Waals surface area contributed by atoms with E-state index >= 15 is 0 Å². The van der Waals surface area contributed by atoms with Gasteiger partial charge in [-0.15, -0.1) is 11.8 Å². The number of nitrogens with zero attached hydrogens (tertiary/aromatic N) is 2. The van der Waals surface area contributed by atoms with Crippen LogP contribution in [0.1, 0.15) is 11.4 Å². The number of hydrogen-bond acceptors (Lipinski definition) is 5. The number of hydrazine groups is 1. The smallest absolute Gasteiger partial charge is 0.147 e. The summed E-state index contributed by atoms with van der Waals surface area (Å²) in [4.78, 5) is 8.40. The van der Waals surface area contributed by atoms with Gasteiger partial charge in [-0.3, -0.25) is 0 Å². The lowest BCUT2D eigenvalue weighted by Gasteiger charge is -2.07. The second kappa shape index (κ2) is 3.73. The van der Waals surface area contributed by atoms with E-state index < -0.39 is 0 Å². The Morgan fingerprint density at radius 1 is 1.33 bits per heavy atom. The number of nitrogens with two attached hydrogens (primary N) is 1. The van der Waals surface area contributed by atoms with Crippen LogP contribution in [0, 0.1) is 13.8 Å². The SMILES string of the molecule is CSc1nc(C)nc(NN)c1C. The molecule has 4 nitrogen and oxygen atoms in total. The number of thioether (sulfide) groups is 1. The van der Waals surface area contributed by atoms with E-state index in [1.165, 1.54) is 0 Å². The molecule has 1 rings (SSSR count). The Bertz CT molecular complexity index is 262. The summed E-state index contributed by atoms with van der Waals surface area (Å²) in [7, 11) is 0. The first kappa shape index (κ1) is 9.28. The Morgan fingerprint density at radius 3 is 2.50 bits per heavy atom. The molecule has 0 amide bonds. The molecule has 1 aromatic heterocycles. The number of aryl methyl sites for hydroxylation is 1. The van der Waals surface area contributed by atoms with Crippen LogP contribution in [-0.4, -0.2) is 16.2 Å². The van der Waals surface area contributed by atoms with Crippen LogP contribution in [-0.2, 0) is 0 Å². The fourth-order valence-electron chi connectivity index (χ4n) is 0.942. The maximum atomic E-state index is 5.29. The zero-order valence-electron chi connectivity index (χ0n) is 7.38. The number of anilines is 1. The van der Waals surface area contributed by atoms with E-state index in [4.69, 9.17) is 5.84 Å². The second-order valence-corrected chi connectivity index (χ2v) is 3.19. The van der Waals surface area contributed by atoms with Crippen molar-refractivity contribution in [2.45, 2.75) is 18.9 Å². The quantitative estimate of drug-likeness (QED) is 0.312. The van der Waals surface area contributed by atoms with Crippen molar-refractivity contribution < 1.29 is 0 Å². The summed E-state index contributed by atoms with van der Waals surface area (Å²) in [6, 6.07) is 0. The molecule has 5 heteroatoms. The molecule has 1 heterocycles. The molecule has 0 unspecified atom stereocenters. The summed E-state index contributed by atoms with van der Waals surface area (Å²) in [6.45, 7) is 3.79. The van der Waals surface area contributed by atoms with Gasteiger partial charge < -0.3 is 5.43 Å². The van der Waals surface area contributed by atoms with E-state index in [9.17, 15) is 0 Å². The Balaban J connectivity index is 3.22. The highest BCUT2D eigenvalue weighted by atomic mass is 32.2. The first-order chi connectivity index (χ1) is 5.69. The number of nitrogens with one attached hydrogen (secondary N) is 1. The Labute approximate surface area is 75.9 Å². The van der Waals surface area contributed by atoms with Crippen molar-refractivity contribution in [1.29, 1.82) is 0 Å². The van der Waals surface area contributed by atoms with Gasteiger partial charge in [0, 0.05) is 5.56 Å². The molecule has 0 bridgehead atoms. The Morgan fingerprint density at radius 2 is 2.00 bits per heavy atom. The molecule has 0 aromatic carbocycles. The zero-order valence-corrected chi connectivity index (χ0v) is 8.20. The molecule has 0 atom stereocenters. The zero-order chi connectivity index (χ0) is 9.14. The van der Waals surface area contributed by atoms with Crippen molar-refractivity contribution >= 4 is 17.6 Å². The molecule has 0 saturated carbocycles. The van der Waals surface area contributed by atoms with Crippen molar-refractivity contribution in [3.05, 3.63) is 11.4 Å². The summed E-state index contributed by atoms with van der Waals surface area (Å²) in [6.07, 6.45) is 1.98. The van der Waals surface area contributed by atoms with E-state index in [-0.39, 0.29) is 0 Å². The van der Waals surface area contributed by atoms with E-state index in [2.05, 4.69) is 15.4 Å². The van der Waals surface area contributed by atoms with Crippen LogP contribution in [0.3, 0.4) is 0 Å². The van der Waals surface area contributed by atoms with Crippen LogP contribution >= 0.6 is 11.8 Å². The molecule has 0 radical (unpaired) electrons. The third kappa shape index (κ3) is 1.67. The summed E-state index contributed by atoms with van der Waals surface area (Å²) in [5.41, 5.74) is 3.54. The summed E-state index contributed by atoms with van der Waals surface area (Å²) < 4.78 is 0. The van der Waals surface area contributed by atoms with Gasteiger partial charge in [-0.25, -0.2) is 15.8 Å². The predicted octanol–water partition coefficient (Wildman–Crippen LogP) is 1.10. The van der Waals surface area contributed by atoms with Gasteiger partial charge >= 0.3 is 0 Å². The van der Waals surface area contributed by atoms with Crippen molar-refractivity contribution in [3.63, 3.8) is 0 Å². The minimum Gasteiger partial charge on any atom is -0.308 e. The summed E-state index contributed by atoms with van der Waals surface area (Å²) in [5, 5.41) is 0.968. The predicted molar refractivity (Wildman–Crippen MR) is 51.1 cm³/mol. The third-order valence-electron chi connectivity index (χ3n) is 1.54. The van der Waals surface area contributed by atoms with E-state index in [0.717, 1.165) is 16.4 Å². The third-order valence-corrected chi connectivity index (χ3v) is 2.33. The van der Waals surface area contributed by atoms with Crippen LogP contribution in [0.25, 0.3) is 0 Å². The number of aromatic nitrogens is 2. The van der Waals surface area contributed by atoms with Crippen LogP contribution in [0.2, 0.25) is 0 Å². The Hall–Kier alpha value is -0.810. The van der Waals surface area contributed by atoms with E-state index in [1.807, 2.05) is 20.1 Å². The molecular weight excluding hydrogens is 172 g/mol. The Kier molecular flexibility index (Phi) is 2.88. The largest absolute Gasteiger partial charge is 0.308 e. The van der Waals surface area contributed by atoms with Crippen molar-refractivity contribution in [3.8, 4) is 0 Å². The van der Waals surface area contributed by atoms with Gasteiger partial charge in [0.2, 0.25) is 0 Å². The average Bonchev–Trinajstić information content (AvgIpc) is 2.08. The first-order valence-corrected chi connectivity index (χ1v) is 4.77. The van der Waals surface area contributed by atoms with Crippen molar-refractivity contribution in [1.82, 2.24) is 9.97 Å². The molecule has 0 aliphatic rings. The highest BCUT2D eigenvalue weighted by molar-refractivity contribution is 7.98. The molecular formula is C7H12N4S. The normalized spacial score (nSPS) is 10.0. The van der Waals surface area contributed by atoms with Gasteiger partial charge in [-0.05, 0) is 20.1 Å². The molecule has 0 spiro atoms. The summed E-state index contributed by atoms with van der Waals surface area (Å²) in [5.74, 6) is 6.73. The van der Waals surface area contributed by atoms with Crippen LogP contribution in [0.15, 0.2) is 5.03 Å². The van der Waals surface area contributed by atoms with Crippen LogP contribution in [0.5, 0.6) is 0 Å². The second-order valence-electron chi connectivity index (χ2n) is 2.40. The van der Waals surface area contributed by atoms with Gasteiger partial charge in [-0.2, -0.15) is 0 Å². The van der Waals surface area contributed by atoms with E-state index in [0.29, 0.717) is 5.82 Å². The van der Waals surface area contributed by atoms with Gasteiger partial charge in [0.05, 0.1) is 0 Å². The standard InChI is InChI=1S/C7H12N4S/c1-4-6(11-8)9-5(2)10-7(4)12-3/h8H2,1-3H3,(H,9,10,11). The molecule has 12 heavy (non-hydrogen) atoms. The first-order valence-electron chi connectivity index (χ1n) is 3.55. The minimum atomic E-state index is 0.701. The van der Waals surface area contributed by atoms with Gasteiger partial charge in [0.15, 0.2) is 0 Å². The minimum absolute atomic E-state index is 0.701. The maximum Gasteiger partial charge on any atom is 0.147 e. The molecule has 3 N–H and O–H groups in total. The molecule has 0 aliphatic carbocycles. The lowest BCUT2D eigenvalue weighted by Crippen LogP contribution is -2.12. The number of rotatable bonds is 2. The topological polar surface area (TPSA) is 63.8 Å². The lowest BCUT2D eigenvalue weighted by molar-refractivity contribution is 0.937. The average molecular weight is 184 g/mol. The molecule has 0 saturated heterocycles. The fourth-order valence-corrected chi connectivity index (χ4v) is 1.57. The fraction of sp³-hybridized carbons (Fsp3) is 0.429. The molecule has 66 valence electrons. The number of hydrogen-bond donors (Lipinski definition) is 2. The maximum absolute atomic E-state index is 5.29. The van der Waals surface area contributed by atoms with Gasteiger partial charge in [-0.1, -0.05) is 0 Å². The monoisotopic (exact) mass is 184 g/mol. The van der Waals surface area contributed by atoms with E-state index in [1.54, 1.807) is 11.8 Å². The molecule has 0 aliphatic heterocycles.